The Labute approximate surface area is 163 Å². The van der Waals surface area contributed by atoms with Gasteiger partial charge in [-0.3, -0.25) is 4.79 Å². The van der Waals surface area contributed by atoms with Gasteiger partial charge in [0.15, 0.2) is 0 Å². The molecule has 4 rings (SSSR count). The number of hydrogen-bond acceptors (Lipinski definition) is 6. The van der Waals surface area contributed by atoms with Crippen molar-refractivity contribution < 1.29 is 4.79 Å². The summed E-state index contributed by atoms with van der Waals surface area (Å²) in [6.45, 7) is 2.48. The molecule has 3 N–H and O–H groups in total. The summed E-state index contributed by atoms with van der Waals surface area (Å²) in [5, 5.41) is 3.06. The number of rotatable bonds is 5. The highest BCUT2D eigenvalue weighted by molar-refractivity contribution is 5.94. The predicted molar refractivity (Wildman–Crippen MR) is 107 cm³/mol. The summed E-state index contributed by atoms with van der Waals surface area (Å²) < 4.78 is 1.90. The van der Waals surface area contributed by atoms with E-state index in [9.17, 15) is 4.79 Å². The average molecular weight is 377 g/mol. The summed E-state index contributed by atoms with van der Waals surface area (Å²) in [6, 6.07) is 9.40. The first-order valence-corrected chi connectivity index (χ1v) is 9.39. The fraction of sp³-hybridized carbons (Fsp3) is 0.300. The molecular formula is C20H23N7O. The van der Waals surface area contributed by atoms with Crippen molar-refractivity contribution in [3.63, 3.8) is 0 Å². The molecule has 0 bridgehead atoms. The second-order valence-corrected chi connectivity index (χ2v) is 6.93. The summed E-state index contributed by atoms with van der Waals surface area (Å²) >= 11 is 0. The fourth-order valence-corrected chi connectivity index (χ4v) is 3.44. The van der Waals surface area contributed by atoms with Gasteiger partial charge in [-0.1, -0.05) is 0 Å². The molecule has 144 valence electrons. The molecule has 3 aromatic rings. The van der Waals surface area contributed by atoms with Gasteiger partial charge in [0.1, 0.15) is 5.82 Å². The van der Waals surface area contributed by atoms with E-state index in [1.54, 1.807) is 18.7 Å². The van der Waals surface area contributed by atoms with Gasteiger partial charge in [-0.2, -0.15) is 4.98 Å². The second kappa shape index (κ2) is 8.08. The monoisotopic (exact) mass is 377 g/mol. The van der Waals surface area contributed by atoms with Crippen molar-refractivity contribution in [1.82, 2.24) is 24.8 Å². The van der Waals surface area contributed by atoms with Crippen LogP contribution in [0.25, 0.3) is 5.69 Å². The summed E-state index contributed by atoms with van der Waals surface area (Å²) in [5.74, 6) is 1.59. The number of nitrogens with one attached hydrogen (secondary N) is 1. The number of hydrogen-bond donors (Lipinski definition) is 2. The number of nitrogens with zero attached hydrogens (tertiary/aromatic N) is 5. The molecule has 0 aliphatic carbocycles. The van der Waals surface area contributed by atoms with Crippen LogP contribution in [0.5, 0.6) is 0 Å². The Bertz CT molecular complexity index is 916. The number of imidazole rings is 1. The van der Waals surface area contributed by atoms with Gasteiger partial charge in [-0.25, -0.2) is 9.97 Å². The lowest BCUT2D eigenvalue weighted by molar-refractivity contribution is 0.0945. The minimum atomic E-state index is -0.0387. The topological polar surface area (TPSA) is 102 Å². The first-order valence-electron chi connectivity index (χ1n) is 9.39. The molecule has 1 aromatic carbocycles. The molecule has 1 aliphatic rings. The van der Waals surface area contributed by atoms with Crippen LogP contribution in [0.3, 0.4) is 0 Å². The van der Waals surface area contributed by atoms with Gasteiger partial charge in [0.2, 0.25) is 5.95 Å². The summed E-state index contributed by atoms with van der Waals surface area (Å²) in [5.41, 5.74) is 7.31. The third kappa shape index (κ3) is 4.11. The number of amides is 1. The van der Waals surface area contributed by atoms with Crippen LogP contribution < -0.4 is 16.0 Å². The van der Waals surface area contributed by atoms with Crippen molar-refractivity contribution in [3.8, 4) is 5.69 Å². The number of aromatic nitrogens is 4. The maximum atomic E-state index is 12.4. The lowest BCUT2D eigenvalue weighted by Gasteiger charge is -2.32. The van der Waals surface area contributed by atoms with Gasteiger partial charge in [0.25, 0.3) is 5.91 Å². The summed E-state index contributed by atoms with van der Waals surface area (Å²) in [7, 11) is 0. The van der Waals surface area contributed by atoms with Crippen molar-refractivity contribution in [2.75, 3.05) is 30.3 Å². The molecule has 2 aromatic heterocycles. The molecule has 1 fully saturated rings. The Morgan fingerprint density at radius 1 is 1.14 bits per heavy atom. The zero-order valence-electron chi connectivity index (χ0n) is 15.5. The summed E-state index contributed by atoms with van der Waals surface area (Å²) in [6.07, 6.45) is 9.02. The van der Waals surface area contributed by atoms with E-state index < -0.39 is 0 Å². The molecule has 1 aliphatic heterocycles. The molecule has 0 spiro atoms. The van der Waals surface area contributed by atoms with Gasteiger partial charge < -0.3 is 20.5 Å². The van der Waals surface area contributed by atoms with E-state index in [-0.39, 0.29) is 5.91 Å². The number of carbonyl (C=O) groups excluding carboxylic acids is 1. The predicted octanol–water partition coefficient (Wildman–Crippen LogP) is 1.89. The van der Waals surface area contributed by atoms with Gasteiger partial charge in [0.05, 0.1) is 6.33 Å². The van der Waals surface area contributed by atoms with E-state index >= 15 is 0 Å². The van der Waals surface area contributed by atoms with Crippen LogP contribution in [0.2, 0.25) is 0 Å². The lowest BCUT2D eigenvalue weighted by Crippen LogP contribution is -2.39. The normalized spacial score (nSPS) is 14.8. The molecule has 8 heteroatoms. The summed E-state index contributed by atoms with van der Waals surface area (Å²) in [4.78, 5) is 26.9. The molecule has 28 heavy (non-hydrogen) atoms. The Kier molecular flexibility index (Phi) is 5.18. The zero-order chi connectivity index (χ0) is 19.3. The molecular weight excluding hydrogens is 354 g/mol. The number of carbonyl (C=O) groups is 1. The Morgan fingerprint density at radius 3 is 2.61 bits per heavy atom. The Hall–Kier alpha value is -3.42. The third-order valence-corrected chi connectivity index (χ3v) is 5.08. The molecule has 1 saturated heterocycles. The number of nitrogens with two attached hydrogens (primary N) is 1. The molecule has 1 amide bonds. The van der Waals surface area contributed by atoms with Crippen LogP contribution in [0.1, 0.15) is 23.2 Å². The number of benzene rings is 1. The highest BCUT2D eigenvalue weighted by atomic mass is 16.1. The van der Waals surface area contributed by atoms with Crippen LogP contribution >= 0.6 is 0 Å². The first kappa shape index (κ1) is 18.0. The van der Waals surface area contributed by atoms with Crippen LogP contribution in [0.4, 0.5) is 11.8 Å². The van der Waals surface area contributed by atoms with Crippen LogP contribution in [-0.2, 0) is 0 Å². The van der Waals surface area contributed by atoms with Gasteiger partial charge in [-0.05, 0) is 49.1 Å². The van der Waals surface area contributed by atoms with Crippen molar-refractivity contribution in [3.05, 3.63) is 60.8 Å². The highest BCUT2D eigenvalue weighted by Crippen LogP contribution is 2.21. The molecule has 3 heterocycles. The number of anilines is 2. The number of piperidine rings is 1. The average Bonchev–Trinajstić information content (AvgIpc) is 3.27. The van der Waals surface area contributed by atoms with Gasteiger partial charge in [0, 0.05) is 49.5 Å². The van der Waals surface area contributed by atoms with Crippen LogP contribution in [-0.4, -0.2) is 45.1 Å². The van der Waals surface area contributed by atoms with E-state index in [1.807, 2.05) is 41.1 Å². The largest absolute Gasteiger partial charge is 0.368 e. The second-order valence-electron chi connectivity index (χ2n) is 6.93. The Morgan fingerprint density at radius 2 is 1.93 bits per heavy atom. The fourth-order valence-electron chi connectivity index (χ4n) is 3.44. The van der Waals surface area contributed by atoms with Crippen molar-refractivity contribution >= 4 is 17.7 Å². The van der Waals surface area contributed by atoms with Crippen LogP contribution in [0, 0.1) is 5.92 Å². The first-order chi connectivity index (χ1) is 13.7. The van der Waals surface area contributed by atoms with Gasteiger partial charge in [-0.15, -0.1) is 0 Å². The maximum absolute atomic E-state index is 12.4. The lowest BCUT2D eigenvalue weighted by atomic mass is 9.96. The number of nitrogen functional groups attached to an aromatic ring is 1. The minimum Gasteiger partial charge on any atom is -0.368 e. The molecule has 0 saturated carbocycles. The third-order valence-electron chi connectivity index (χ3n) is 5.08. The molecule has 8 nitrogen and oxygen atoms in total. The standard InChI is InChI=1S/C20H23N7O/c21-20-23-8-5-18(25-20)26-10-6-15(7-11-26)13-24-19(28)16-1-3-17(4-2-16)27-12-9-22-14-27/h1-5,8-9,12,14-15H,6-7,10-11,13H2,(H,24,28)(H2,21,23,25). The zero-order valence-corrected chi connectivity index (χ0v) is 15.5. The van der Waals surface area contributed by atoms with E-state index in [0.717, 1.165) is 37.4 Å². The SMILES string of the molecule is Nc1nccc(N2CCC(CNC(=O)c3ccc(-n4ccnc4)cc3)CC2)n1. The highest BCUT2D eigenvalue weighted by Gasteiger charge is 2.21. The van der Waals surface area contributed by atoms with E-state index in [2.05, 4.69) is 25.2 Å². The molecule has 0 unspecified atom stereocenters. The van der Waals surface area contributed by atoms with E-state index in [0.29, 0.717) is 24.0 Å². The van der Waals surface area contributed by atoms with Crippen molar-refractivity contribution in [2.45, 2.75) is 12.8 Å². The minimum absolute atomic E-state index is 0.0387. The van der Waals surface area contributed by atoms with Gasteiger partial charge >= 0.3 is 0 Å². The van der Waals surface area contributed by atoms with Crippen molar-refractivity contribution in [1.29, 1.82) is 0 Å². The maximum Gasteiger partial charge on any atom is 0.251 e. The Balaban J connectivity index is 1.26. The smallest absolute Gasteiger partial charge is 0.251 e. The van der Waals surface area contributed by atoms with E-state index in [4.69, 9.17) is 5.73 Å². The van der Waals surface area contributed by atoms with E-state index in [1.165, 1.54) is 0 Å². The van der Waals surface area contributed by atoms with Crippen molar-refractivity contribution in [2.24, 2.45) is 5.92 Å². The molecule has 0 atom stereocenters. The quantitative estimate of drug-likeness (QED) is 0.704. The van der Waals surface area contributed by atoms with Crippen LogP contribution in [0.15, 0.2) is 55.2 Å². The molecule has 0 radical (unpaired) electrons.